The molecule has 6 nitrogen and oxygen atoms in total. The maximum atomic E-state index is 13.3. The molecule has 3 saturated carbocycles. The van der Waals surface area contributed by atoms with Gasteiger partial charge in [0.1, 0.15) is 0 Å². The van der Waals surface area contributed by atoms with Gasteiger partial charge in [-0.25, -0.2) is 4.79 Å². The Kier molecular flexibility index (Phi) is 5.72. The molecule has 1 aliphatic heterocycles. The first-order valence-electron chi connectivity index (χ1n) is 12.0. The predicted octanol–water partition coefficient (Wildman–Crippen LogP) is 4.91. The molecule has 3 fully saturated rings. The lowest BCUT2D eigenvalue weighted by atomic mass is 9.51. The molecule has 6 rings (SSSR count). The zero-order chi connectivity index (χ0) is 24.1. The van der Waals surface area contributed by atoms with Crippen molar-refractivity contribution in [2.75, 3.05) is 11.9 Å². The van der Waals surface area contributed by atoms with Gasteiger partial charge in [-0.15, -0.1) is 11.3 Å². The molecule has 8 heteroatoms. The Hall–Kier alpha value is -2.45. The van der Waals surface area contributed by atoms with Gasteiger partial charge in [0.25, 0.3) is 0 Å². The summed E-state index contributed by atoms with van der Waals surface area (Å²) in [5.74, 6) is 0.0833. The molecule has 3 amide bonds. The van der Waals surface area contributed by atoms with Crippen molar-refractivity contribution >= 4 is 29.0 Å². The van der Waals surface area contributed by atoms with Crippen LogP contribution < -0.4 is 10.6 Å². The molecular formula is C26H32FN3O3S. The first-order chi connectivity index (χ1) is 16.1. The smallest absolute Gasteiger partial charge is 0.322 e. The molecule has 1 aromatic carbocycles. The summed E-state index contributed by atoms with van der Waals surface area (Å²) in [5.41, 5.74) is 1.80. The number of anilines is 1. The van der Waals surface area contributed by atoms with Crippen LogP contribution in [0, 0.1) is 10.5 Å². The first-order valence-corrected chi connectivity index (χ1v) is 12.8. The number of fused-ring (bicyclic) bond motifs is 4. The maximum absolute atomic E-state index is 13.3. The van der Waals surface area contributed by atoms with Gasteiger partial charge in [-0.2, -0.15) is 4.39 Å². The first kappa shape index (κ1) is 23.3. The molecule has 2 bridgehead atoms. The van der Waals surface area contributed by atoms with Crippen LogP contribution in [0.3, 0.4) is 0 Å². The van der Waals surface area contributed by atoms with Crippen molar-refractivity contribution < 1.29 is 19.1 Å². The molecule has 1 aromatic heterocycles. The van der Waals surface area contributed by atoms with E-state index >= 15 is 0 Å². The molecule has 34 heavy (non-hydrogen) atoms. The number of nitrogens with one attached hydrogen (secondary N) is 2. The van der Waals surface area contributed by atoms with Crippen LogP contribution in [0.15, 0.2) is 30.3 Å². The Bertz CT molecular complexity index is 1060. The highest BCUT2D eigenvalue weighted by atomic mass is 32.1. The number of urea groups is 1. The van der Waals surface area contributed by atoms with Crippen molar-refractivity contribution in [1.29, 1.82) is 0 Å². The normalized spacial score (nSPS) is 25.8. The van der Waals surface area contributed by atoms with Gasteiger partial charge >= 0.3 is 6.03 Å². The minimum absolute atomic E-state index is 0.0833. The van der Waals surface area contributed by atoms with Gasteiger partial charge < -0.3 is 20.6 Å². The molecule has 3 aliphatic carbocycles. The molecule has 4 aliphatic rings. The van der Waals surface area contributed by atoms with Crippen molar-refractivity contribution in [2.45, 2.75) is 76.5 Å². The summed E-state index contributed by atoms with van der Waals surface area (Å²) >= 11 is 1.11. The van der Waals surface area contributed by atoms with Crippen LogP contribution >= 0.6 is 11.3 Å². The van der Waals surface area contributed by atoms with E-state index in [-0.39, 0.29) is 34.4 Å². The van der Waals surface area contributed by atoms with Gasteiger partial charge in [-0.1, -0.05) is 12.1 Å². The second-order valence-corrected chi connectivity index (χ2v) is 12.0. The van der Waals surface area contributed by atoms with Crippen molar-refractivity contribution in [3.8, 4) is 0 Å². The van der Waals surface area contributed by atoms with Crippen LogP contribution in [-0.4, -0.2) is 34.1 Å². The van der Waals surface area contributed by atoms with Crippen LogP contribution in [0.5, 0.6) is 0 Å². The lowest BCUT2D eigenvalue weighted by Gasteiger charge is -2.53. The molecule has 0 radical (unpaired) electrons. The number of halogens is 1. The van der Waals surface area contributed by atoms with E-state index in [0.29, 0.717) is 13.1 Å². The van der Waals surface area contributed by atoms with Gasteiger partial charge in [0.15, 0.2) is 5.13 Å². The average Bonchev–Trinajstić information content (AvgIpc) is 3.36. The number of amides is 3. The van der Waals surface area contributed by atoms with Gasteiger partial charge in [0.05, 0.1) is 12.1 Å². The number of nitrogens with zero attached hydrogens (tertiary/aromatic N) is 1. The third kappa shape index (κ3) is 4.33. The molecule has 2 heterocycles. The fourth-order valence-electron chi connectivity index (χ4n) is 5.83. The minimum Gasteiger partial charge on any atom is -0.389 e. The summed E-state index contributed by atoms with van der Waals surface area (Å²) in [6, 6.07) is 9.48. The average molecular weight is 486 g/mol. The fourth-order valence-corrected chi connectivity index (χ4v) is 6.74. The van der Waals surface area contributed by atoms with E-state index in [1.807, 2.05) is 12.1 Å². The zero-order valence-electron chi connectivity index (χ0n) is 19.7. The monoisotopic (exact) mass is 485 g/mol. The third-order valence-electron chi connectivity index (χ3n) is 8.01. The fraction of sp³-hybridized carbons (Fsp3) is 0.538. The van der Waals surface area contributed by atoms with Crippen LogP contribution in [0.1, 0.15) is 68.4 Å². The van der Waals surface area contributed by atoms with E-state index in [1.54, 1.807) is 18.7 Å². The summed E-state index contributed by atoms with van der Waals surface area (Å²) in [6.07, 6.45) is 5.51. The third-order valence-corrected chi connectivity index (χ3v) is 8.96. The van der Waals surface area contributed by atoms with E-state index in [1.165, 1.54) is 11.6 Å². The van der Waals surface area contributed by atoms with Gasteiger partial charge in [0, 0.05) is 29.1 Å². The van der Waals surface area contributed by atoms with E-state index in [0.717, 1.165) is 66.0 Å². The SMILES string of the molecule is CC(C)(O)CNC(=O)C12CCC(c3ccc(NC(=O)N4Cc5cc(F)sc5C4)cc3)(CC1)CC2. The highest BCUT2D eigenvalue weighted by molar-refractivity contribution is 7.10. The molecule has 0 unspecified atom stereocenters. The highest BCUT2D eigenvalue weighted by Gasteiger charge is 2.52. The van der Waals surface area contributed by atoms with Crippen molar-refractivity contribution in [2.24, 2.45) is 5.41 Å². The molecular weight excluding hydrogens is 453 g/mol. The number of carbonyl (C=O) groups excluding carboxylic acids is 2. The molecule has 0 spiro atoms. The topological polar surface area (TPSA) is 81.7 Å². The summed E-state index contributed by atoms with van der Waals surface area (Å²) in [6.45, 7) is 4.56. The summed E-state index contributed by atoms with van der Waals surface area (Å²) in [4.78, 5) is 28.2. The van der Waals surface area contributed by atoms with Gasteiger partial charge in [-0.05, 0) is 87.1 Å². The summed E-state index contributed by atoms with van der Waals surface area (Å²) in [5, 5.41) is 15.7. The van der Waals surface area contributed by atoms with E-state index in [9.17, 15) is 19.1 Å². The van der Waals surface area contributed by atoms with E-state index in [2.05, 4.69) is 22.8 Å². The van der Waals surface area contributed by atoms with E-state index < -0.39 is 5.60 Å². The molecule has 182 valence electrons. The number of hydrogen-bond donors (Lipinski definition) is 3. The molecule has 0 saturated heterocycles. The minimum atomic E-state index is -0.907. The summed E-state index contributed by atoms with van der Waals surface area (Å²) in [7, 11) is 0. The lowest BCUT2D eigenvalue weighted by Crippen LogP contribution is -2.53. The van der Waals surface area contributed by atoms with Crippen molar-refractivity contribution in [3.63, 3.8) is 0 Å². The quantitative estimate of drug-likeness (QED) is 0.563. The number of hydrogen-bond acceptors (Lipinski definition) is 4. The molecule has 2 aromatic rings. The van der Waals surface area contributed by atoms with Crippen LogP contribution in [0.25, 0.3) is 0 Å². The van der Waals surface area contributed by atoms with Crippen LogP contribution in [0.2, 0.25) is 0 Å². The van der Waals surface area contributed by atoms with Crippen LogP contribution in [0.4, 0.5) is 14.9 Å². The van der Waals surface area contributed by atoms with E-state index in [4.69, 9.17) is 0 Å². The Morgan fingerprint density at radius 3 is 2.32 bits per heavy atom. The van der Waals surface area contributed by atoms with Gasteiger partial charge in [0.2, 0.25) is 5.91 Å². The molecule has 0 atom stereocenters. The van der Waals surface area contributed by atoms with Crippen molar-refractivity contribution in [3.05, 3.63) is 51.5 Å². The largest absolute Gasteiger partial charge is 0.389 e. The lowest BCUT2D eigenvalue weighted by molar-refractivity contribution is -0.138. The Morgan fingerprint density at radius 1 is 1.09 bits per heavy atom. The van der Waals surface area contributed by atoms with Crippen LogP contribution in [-0.2, 0) is 23.3 Å². The summed E-state index contributed by atoms with van der Waals surface area (Å²) < 4.78 is 13.3. The van der Waals surface area contributed by atoms with Gasteiger partial charge in [-0.3, -0.25) is 4.79 Å². The number of benzene rings is 1. The maximum Gasteiger partial charge on any atom is 0.322 e. The zero-order valence-corrected chi connectivity index (χ0v) is 20.6. The number of carbonyl (C=O) groups is 2. The second kappa shape index (κ2) is 8.34. The Balaban J connectivity index is 1.18. The standard InChI is InChI=1S/C26H32FN3O3S/c1-24(2,33)16-28-22(31)26-10-7-25(8-11-26,9-12-26)18-3-5-19(6-4-18)29-23(32)30-14-17-13-21(27)34-20(17)15-30/h3-6,13,33H,7-12,14-16H2,1-2H3,(H,28,31)(H,29,32). The van der Waals surface area contributed by atoms with Crippen molar-refractivity contribution in [1.82, 2.24) is 10.2 Å². The highest BCUT2D eigenvalue weighted by Crippen LogP contribution is 2.57. The second-order valence-electron chi connectivity index (χ2n) is 10.9. The molecule has 3 N–H and O–H groups in total. The Labute approximate surface area is 203 Å². The number of aliphatic hydroxyl groups is 1. The Morgan fingerprint density at radius 2 is 1.74 bits per heavy atom. The predicted molar refractivity (Wildman–Crippen MR) is 130 cm³/mol. The number of thiophene rings is 1. The number of rotatable bonds is 5.